The van der Waals surface area contributed by atoms with Crippen LogP contribution in [0.1, 0.15) is 25.8 Å². The lowest BCUT2D eigenvalue weighted by molar-refractivity contribution is -0.144. The van der Waals surface area contributed by atoms with E-state index < -0.39 is 0 Å². The van der Waals surface area contributed by atoms with Crippen LogP contribution < -0.4 is 0 Å². The Labute approximate surface area is 107 Å². The quantitative estimate of drug-likeness (QED) is 0.606. The van der Waals surface area contributed by atoms with Crippen molar-refractivity contribution in [2.75, 3.05) is 12.9 Å². The molecule has 0 bridgehead atoms. The standard InChI is InChI=1S/C14H18O2S/c1-4-17-12-7-5-11(6-8-12)14(9-10(14)2)13(15)16-3/h5-8,10H,4,9H2,1-3H3. The van der Waals surface area contributed by atoms with Gasteiger partial charge in [-0.25, -0.2) is 0 Å². The summed E-state index contributed by atoms with van der Waals surface area (Å²) in [5, 5.41) is 0. The highest BCUT2D eigenvalue weighted by Gasteiger charge is 2.59. The molecular weight excluding hydrogens is 232 g/mol. The summed E-state index contributed by atoms with van der Waals surface area (Å²) in [5.74, 6) is 1.36. The van der Waals surface area contributed by atoms with Gasteiger partial charge in [0.15, 0.2) is 0 Å². The fourth-order valence-corrected chi connectivity index (χ4v) is 3.09. The van der Waals surface area contributed by atoms with Gasteiger partial charge in [0.1, 0.15) is 0 Å². The van der Waals surface area contributed by atoms with Gasteiger partial charge in [0.25, 0.3) is 0 Å². The van der Waals surface area contributed by atoms with Crippen LogP contribution >= 0.6 is 11.8 Å². The molecule has 1 aliphatic carbocycles. The second-order valence-electron chi connectivity index (χ2n) is 4.53. The maximum Gasteiger partial charge on any atom is 0.316 e. The number of rotatable bonds is 4. The van der Waals surface area contributed by atoms with Crippen LogP contribution in [0.3, 0.4) is 0 Å². The van der Waals surface area contributed by atoms with Crippen LogP contribution in [-0.4, -0.2) is 18.8 Å². The van der Waals surface area contributed by atoms with Crippen molar-refractivity contribution in [1.82, 2.24) is 0 Å². The largest absolute Gasteiger partial charge is 0.468 e. The number of ether oxygens (including phenoxy) is 1. The lowest BCUT2D eigenvalue weighted by Gasteiger charge is -2.14. The van der Waals surface area contributed by atoms with Crippen LogP contribution in [0.4, 0.5) is 0 Å². The van der Waals surface area contributed by atoms with E-state index in [2.05, 4.69) is 38.1 Å². The van der Waals surface area contributed by atoms with E-state index >= 15 is 0 Å². The molecule has 17 heavy (non-hydrogen) atoms. The molecule has 0 spiro atoms. The molecule has 0 N–H and O–H groups in total. The molecular formula is C14H18O2S. The van der Waals surface area contributed by atoms with Crippen LogP contribution in [0.15, 0.2) is 29.2 Å². The number of hydrogen-bond acceptors (Lipinski definition) is 3. The van der Waals surface area contributed by atoms with Crippen molar-refractivity contribution in [3.63, 3.8) is 0 Å². The van der Waals surface area contributed by atoms with Gasteiger partial charge in [-0.15, -0.1) is 11.8 Å². The van der Waals surface area contributed by atoms with Gasteiger partial charge in [-0.3, -0.25) is 4.79 Å². The summed E-state index contributed by atoms with van der Waals surface area (Å²) in [6, 6.07) is 8.33. The van der Waals surface area contributed by atoms with E-state index in [1.807, 2.05) is 11.8 Å². The van der Waals surface area contributed by atoms with Crippen LogP contribution in [0.5, 0.6) is 0 Å². The van der Waals surface area contributed by atoms with Gasteiger partial charge in [-0.2, -0.15) is 0 Å². The minimum atomic E-state index is -0.371. The molecule has 2 atom stereocenters. The highest BCUT2D eigenvalue weighted by atomic mass is 32.2. The highest BCUT2D eigenvalue weighted by Crippen LogP contribution is 2.54. The van der Waals surface area contributed by atoms with Gasteiger partial charge in [0.2, 0.25) is 0 Å². The average Bonchev–Trinajstić information content (AvgIpc) is 3.03. The summed E-state index contributed by atoms with van der Waals surface area (Å²) in [6.07, 6.45) is 0.903. The fourth-order valence-electron chi connectivity index (χ4n) is 2.43. The Hall–Kier alpha value is -0.960. The summed E-state index contributed by atoms with van der Waals surface area (Å²) in [6.45, 7) is 4.24. The summed E-state index contributed by atoms with van der Waals surface area (Å²) in [7, 11) is 1.47. The molecule has 0 saturated heterocycles. The first-order valence-electron chi connectivity index (χ1n) is 5.97. The minimum Gasteiger partial charge on any atom is -0.468 e. The predicted molar refractivity (Wildman–Crippen MR) is 70.3 cm³/mol. The van der Waals surface area contributed by atoms with Gasteiger partial charge in [0.05, 0.1) is 12.5 Å². The van der Waals surface area contributed by atoms with Crippen LogP contribution in [0, 0.1) is 5.92 Å². The number of methoxy groups -OCH3 is 1. The Kier molecular flexibility index (Phi) is 3.48. The first-order chi connectivity index (χ1) is 8.15. The van der Waals surface area contributed by atoms with Crippen LogP contribution in [0.25, 0.3) is 0 Å². The number of esters is 1. The summed E-state index contributed by atoms with van der Waals surface area (Å²) in [4.78, 5) is 13.1. The molecule has 1 saturated carbocycles. The van der Waals surface area contributed by atoms with E-state index in [0.717, 1.165) is 17.7 Å². The molecule has 0 radical (unpaired) electrons. The zero-order valence-electron chi connectivity index (χ0n) is 10.5. The molecule has 0 aromatic heterocycles. The molecule has 92 valence electrons. The molecule has 1 aromatic carbocycles. The first-order valence-corrected chi connectivity index (χ1v) is 6.95. The van der Waals surface area contributed by atoms with Gasteiger partial charge in [-0.1, -0.05) is 26.0 Å². The molecule has 0 aliphatic heterocycles. The first kappa shape index (κ1) is 12.5. The third-order valence-electron chi connectivity index (χ3n) is 3.54. The Morgan fingerprint density at radius 2 is 2.06 bits per heavy atom. The molecule has 2 rings (SSSR count). The van der Waals surface area contributed by atoms with Gasteiger partial charge in [0, 0.05) is 4.90 Å². The minimum absolute atomic E-state index is 0.0964. The number of benzene rings is 1. The van der Waals surface area contributed by atoms with Crippen molar-refractivity contribution < 1.29 is 9.53 Å². The molecule has 2 unspecified atom stereocenters. The zero-order chi connectivity index (χ0) is 12.5. The van der Waals surface area contributed by atoms with Crippen molar-refractivity contribution in [3.05, 3.63) is 29.8 Å². The Morgan fingerprint density at radius 3 is 2.47 bits per heavy atom. The van der Waals surface area contributed by atoms with Crippen molar-refractivity contribution >= 4 is 17.7 Å². The smallest absolute Gasteiger partial charge is 0.316 e. The van der Waals surface area contributed by atoms with Crippen molar-refractivity contribution in [3.8, 4) is 0 Å². The Bertz CT molecular complexity index is 413. The molecule has 3 heteroatoms. The van der Waals surface area contributed by atoms with E-state index in [9.17, 15) is 4.79 Å². The molecule has 1 aliphatic rings. The van der Waals surface area contributed by atoms with Crippen molar-refractivity contribution in [2.45, 2.75) is 30.6 Å². The van der Waals surface area contributed by atoms with E-state index in [1.54, 1.807) is 0 Å². The average molecular weight is 250 g/mol. The molecule has 1 fully saturated rings. The van der Waals surface area contributed by atoms with Crippen LogP contribution in [0.2, 0.25) is 0 Å². The maximum absolute atomic E-state index is 11.9. The summed E-state index contributed by atoms with van der Waals surface area (Å²) >= 11 is 1.81. The monoisotopic (exact) mass is 250 g/mol. The fraction of sp³-hybridized carbons (Fsp3) is 0.500. The number of carbonyl (C=O) groups excluding carboxylic acids is 1. The maximum atomic E-state index is 11.9. The number of hydrogen-bond donors (Lipinski definition) is 0. The lowest BCUT2D eigenvalue weighted by atomic mass is 9.94. The molecule has 2 nitrogen and oxygen atoms in total. The Morgan fingerprint density at radius 1 is 1.47 bits per heavy atom. The number of carbonyl (C=O) groups is 1. The second kappa shape index (κ2) is 4.73. The molecule has 0 heterocycles. The third kappa shape index (κ3) is 2.08. The van der Waals surface area contributed by atoms with Gasteiger partial charge < -0.3 is 4.74 Å². The normalized spacial score (nSPS) is 26.6. The van der Waals surface area contributed by atoms with E-state index in [-0.39, 0.29) is 11.4 Å². The van der Waals surface area contributed by atoms with Gasteiger partial charge in [-0.05, 0) is 35.8 Å². The highest BCUT2D eigenvalue weighted by molar-refractivity contribution is 7.99. The van der Waals surface area contributed by atoms with E-state index in [0.29, 0.717) is 5.92 Å². The summed E-state index contributed by atoms with van der Waals surface area (Å²) < 4.78 is 4.94. The third-order valence-corrected chi connectivity index (χ3v) is 4.43. The Balaban J connectivity index is 2.24. The SMILES string of the molecule is CCSc1ccc(C2(C(=O)OC)CC2C)cc1. The summed E-state index contributed by atoms with van der Waals surface area (Å²) in [5.41, 5.74) is 0.724. The molecule has 1 aromatic rings. The van der Waals surface area contributed by atoms with Crippen molar-refractivity contribution in [2.24, 2.45) is 5.92 Å². The van der Waals surface area contributed by atoms with E-state index in [4.69, 9.17) is 4.74 Å². The predicted octanol–water partition coefficient (Wildman–Crippen LogP) is 3.25. The topological polar surface area (TPSA) is 26.3 Å². The van der Waals surface area contributed by atoms with Crippen molar-refractivity contribution in [1.29, 1.82) is 0 Å². The lowest BCUT2D eigenvalue weighted by Crippen LogP contribution is -2.23. The van der Waals surface area contributed by atoms with E-state index in [1.165, 1.54) is 12.0 Å². The zero-order valence-corrected chi connectivity index (χ0v) is 11.3. The van der Waals surface area contributed by atoms with Gasteiger partial charge >= 0.3 is 5.97 Å². The number of thioether (sulfide) groups is 1. The van der Waals surface area contributed by atoms with Crippen LogP contribution in [-0.2, 0) is 14.9 Å². The second-order valence-corrected chi connectivity index (χ2v) is 5.86. The molecule has 0 amide bonds.